The molecular weight excluding hydrogens is 364 g/mol. The fourth-order valence-electron chi connectivity index (χ4n) is 3.81. The van der Waals surface area contributed by atoms with Crippen LogP contribution in [0.15, 0.2) is 55.0 Å². The summed E-state index contributed by atoms with van der Waals surface area (Å²) in [5.74, 6) is 1.65. The van der Waals surface area contributed by atoms with Gasteiger partial charge in [0.15, 0.2) is 5.82 Å². The predicted octanol–water partition coefficient (Wildman–Crippen LogP) is 3.22. The van der Waals surface area contributed by atoms with Gasteiger partial charge in [0.1, 0.15) is 0 Å². The summed E-state index contributed by atoms with van der Waals surface area (Å²) in [6.45, 7) is 2.50. The van der Waals surface area contributed by atoms with Gasteiger partial charge in [0.05, 0.1) is 12.1 Å². The third kappa shape index (κ3) is 4.13. The normalized spacial score (nSPS) is 18.8. The zero-order chi connectivity index (χ0) is 19.6. The second kappa shape index (κ2) is 7.66. The molecule has 1 saturated heterocycles. The first-order chi connectivity index (χ1) is 14.2. The van der Waals surface area contributed by atoms with Gasteiger partial charge in [0.25, 0.3) is 0 Å². The van der Waals surface area contributed by atoms with E-state index in [1.165, 1.54) is 12.8 Å². The van der Waals surface area contributed by atoms with E-state index in [4.69, 9.17) is 0 Å². The van der Waals surface area contributed by atoms with Gasteiger partial charge in [-0.15, -0.1) is 5.10 Å². The number of nitrogens with one attached hydrogen (secondary N) is 1. The molecule has 3 heterocycles. The Bertz CT molecular complexity index is 980. The minimum absolute atomic E-state index is 0.0441. The van der Waals surface area contributed by atoms with Gasteiger partial charge in [0.2, 0.25) is 5.91 Å². The first kappa shape index (κ1) is 17.8. The van der Waals surface area contributed by atoms with Gasteiger partial charge in [-0.05, 0) is 55.0 Å². The van der Waals surface area contributed by atoms with Crippen molar-refractivity contribution in [3.05, 3.63) is 55.0 Å². The van der Waals surface area contributed by atoms with E-state index in [0.717, 1.165) is 48.1 Å². The smallest absolute Gasteiger partial charge is 0.229 e. The molecule has 1 N–H and O–H groups in total. The highest BCUT2D eigenvalue weighted by Gasteiger charge is 2.29. The van der Waals surface area contributed by atoms with Gasteiger partial charge in [-0.1, -0.05) is 12.1 Å². The zero-order valence-corrected chi connectivity index (χ0v) is 16.2. The molecule has 2 aromatic heterocycles. The summed E-state index contributed by atoms with van der Waals surface area (Å²) < 4.78 is 2.03. The molecule has 0 radical (unpaired) electrons. The molecule has 0 spiro atoms. The average Bonchev–Trinajstić information content (AvgIpc) is 3.23. The minimum atomic E-state index is -0.0441. The van der Waals surface area contributed by atoms with Gasteiger partial charge < -0.3 is 10.2 Å². The van der Waals surface area contributed by atoms with Gasteiger partial charge >= 0.3 is 0 Å². The fraction of sp³-hybridized carbons (Fsp3) is 0.364. The zero-order valence-electron chi connectivity index (χ0n) is 16.2. The first-order valence-corrected chi connectivity index (χ1v) is 10.2. The summed E-state index contributed by atoms with van der Waals surface area (Å²) in [5.41, 5.74) is 3.04. The molecule has 2 aliphatic rings. The lowest BCUT2D eigenvalue weighted by Crippen LogP contribution is -2.27. The van der Waals surface area contributed by atoms with Crippen LogP contribution < -0.4 is 10.2 Å². The monoisotopic (exact) mass is 388 g/mol. The van der Waals surface area contributed by atoms with E-state index >= 15 is 0 Å². The predicted molar refractivity (Wildman–Crippen MR) is 111 cm³/mol. The SMILES string of the molecule is O=C(Nc1ccc(-c2cnn(CC3CC3)c2)cc1)[C@H]1CCN(c2cccnn2)C1. The van der Waals surface area contributed by atoms with Crippen LogP contribution in [-0.2, 0) is 11.3 Å². The summed E-state index contributed by atoms with van der Waals surface area (Å²) in [7, 11) is 0. The summed E-state index contributed by atoms with van der Waals surface area (Å²) in [5, 5.41) is 15.6. The van der Waals surface area contributed by atoms with Crippen molar-refractivity contribution >= 4 is 17.4 Å². The van der Waals surface area contributed by atoms with Crippen LogP contribution in [0, 0.1) is 11.8 Å². The maximum atomic E-state index is 12.7. The minimum Gasteiger partial charge on any atom is -0.354 e. The molecule has 1 aliphatic carbocycles. The molecule has 1 aromatic carbocycles. The Labute approximate surface area is 169 Å². The number of hydrogen-bond acceptors (Lipinski definition) is 5. The molecule has 5 rings (SSSR count). The van der Waals surface area contributed by atoms with E-state index in [2.05, 4.69) is 31.7 Å². The molecule has 1 amide bonds. The van der Waals surface area contributed by atoms with Gasteiger partial charge in [-0.3, -0.25) is 9.48 Å². The second-order valence-electron chi connectivity index (χ2n) is 7.97. The molecule has 1 saturated carbocycles. The molecule has 3 aromatic rings. The third-order valence-electron chi connectivity index (χ3n) is 5.70. The Hall–Kier alpha value is -3.22. The fourth-order valence-corrected chi connectivity index (χ4v) is 3.81. The molecule has 2 fully saturated rings. The van der Waals surface area contributed by atoms with Crippen molar-refractivity contribution < 1.29 is 4.79 Å². The van der Waals surface area contributed by atoms with Crippen molar-refractivity contribution in [2.75, 3.05) is 23.3 Å². The van der Waals surface area contributed by atoms with Crippen molar-refractivity contribution in [2.24, 2.45) is 11.8 Å². The highest BCUT2D eigenvalue weighted by Crippen LogP contribution is 2.31. The lowest BCUT2D eigenvalue weighted by atomic mass is 10.1. The van der Waals surface area contributed by atoms with Crippen molar-refractivity contribution in [2.45, 2.75) is 25.8 Å². The van der Waals surface area contributed by atoms with Crippen LogP contribution in [0.25, 0.3) is 11.1 Å². The number of anilines is 2. The van der Waals surface area contributed by atoms with E-state index in [-0.39, 0.29) is 11.8 Å². The number of amides is 1. The number of hydrogen-bond donors (Lipinski definition) is 1. The van der Waals surface area contributed by atoms with E-state index in [1.54, 1.807) is 6.20 Å². The molecule has 1 atom stereocenters. The van der Waals surface area contributed by atoms with Crippen LogP contribution in [0.3, 0.4) is 0 Å². The van der Waals surface area contributed by atoms with Crippen LogP contribution in [0.2, 0.25) is 0 Å². The number of rotatable bonds is 6. The van der Waals surface area contributed by atoms with E-state index < -0.39 is 0 Å². The largest absolute Gasteiger partial charge is 0.354 e. The molecular formula is C22H24N6O. The van der Waals surface area contributed by atoms with E-state index in [0.29, 0.717) is 6.54 Å². The summed E-state index contributed by atoms with van der Waals surface area (Å²) in [4.78, 5) is 14.8. The van der Waals surface area contributed by atoms with Crippen LogP contribution in [0.4, 0.5) is 11.5 Å². The number of carbonyl (C=O) groups excluding carboxylic acids is 1. The number of benzene rings is 1. The van der Waals surface area contributed by atoms with Gasteiger partial charge in [0, 0.05) is 43.3 Å². The molecule has 0 unspecified atom stereocenters. The van der Waals surface area contributed by atoms with Gasteiger partial charge in [-0.2, -0.15) is 10.2 Å². The Morgan fingerprint density at radius 1 is 1.10 bits per heavy atom. The molecule has 0 bridgehead atoms. The lowest BCUT2D eigenvalue weighted by Gasteiger charge is -2.16. The summed E-state index contributed by atoms with van der Waals surface area (Å²) in [6, 6.07) is 11.8. The van der Waals surface area contributed by atoms with Crippen LogP contribution >= 0.6 is 0 Å². The lowest BCUT2D eigenvalue weighted by molar-refractivity contribution is -0.119. The number of carbonyl (C=O) groups is 1. The second-order valence-corrected chi connectivity index (χ2v) is 7.97. The maximum Gasteiger partial charge on any atom is 0.229 e. The Morgan fingerprint density at radius 2 is 1.97 bits per heavy atom. The van der Waals surface area contributed by atoms with Crippen molar-refractivity contribution in [1.29, 1.82) is 0 Å². The molecule has 7 heteroatoms. The number of nitrogens with zero attached hydrogens (tertiary/aromatic N) is 5. The molecule has 7 nitrogen and oxygen atoms in total. The summed E-state index contributed by atoms with van der Waals surface area (Å²) in [6.07, 6.45) is 9.13. The Balaban J connectivity index is 1.18. The van der Waals surface area contributed by atoms with Crippen LogP contribution in [0.5, 0.6) is 0 Å². The van der Waals surface area contributed by atoms with Crippen LogP contribution in [-0.4, -0.2) is 39.0 Å². The average molecular weight is 388 g/mol. The van der Waals surface area contributed by atoms with Crippen molar-refractivity contribution in [3.8, 4) is 11.1 Å². The van der Waals surface area contributed by atoms with Crippen molar-refractivity contribution in [3.63, 3.8) is 0 Å². The van der Waals surface area contributed by atoms with E-state index in [9.17, 15) is 4.79 Å². The standard InChI is InChI=1S/C22H24N6O/c29-22(18-9-11-27(14-18)21-2-1-10-23-26-21)25-20-7-5-17(6-8-20)19-12-24-28(15-19)13-16-3-4-16/h1-2,5-8,10,12,15-16,18H,3-4,9,11,13-14H2,(H,25,29)/t18-/m0/s1. The van der Waals surface area contributed by atoms with Crippen LogP contribution in [0.1, 0.15) is 19.3 Å². The highest BCUT2D eigenvalue weighted by atomic mass is 16.1. The quantitative estimate of drug-likeness (QED) is 0.702. The maximum absolute atomic E-state index is 12.7. The highest BCUT2D eigenvalue weighted by molar-refractivity contribution is 5.93. The molecule has 29 heavy (non-hydrogen) atoms. The molecule has 1 aliphatic heterocycles. The number of aromatic nitrogens is 4. The Morgan fingerprint density at radius 3 is 2.72 bits per heavy atom. The van der Waals surface area contributed by atoms with Crippen molar-refractivity contribution in [1.82, 2.24) is 20.0 Å². The topological polar surface area (TPSA) is 75.9 Å². The summed E-state index contributed by atoms with van der Waals surface area (Å²) >= 11 is 0. The van der Waals surface area contributed by atoms with Gasteiger partial charge in [-0.25, -0.2) is 0 Å². The molecule has 148 valence electrons. The first-order valence-electron chi connectivity index (χ1n) is 10.2. The third-order valence-corrected chi connectivity index (χ3v) is 5.70. The van der Waals surface area contributed by atoms with E-state index in [1.807, 2.05) is 47.3 Å². The Kier molecular flexibility index (Phi) is 4.71.